The lowest BCUT2D eigenvalue weighted by molar-refractivity contribution is 0.194. The molecule has 2 aromatic rings. The van der Waals surface area contributed by atoms with Crippen molar-refractivity contribution in [1.29, 1.82) is 0 Å². The molecule has 0 aliphatic heterocycles. The summed E-state index contributed by atoms with van der Waals surface area (Å²) in [5.41, 5.74) is 4.25. The highest BCUT2D eigenvalue weighted by atomic mass is 16.5. The largest absolute Gasteiger partial charge is 0.496 e. The van der Waals surface area contributed by atoms with Gasteiger partial charge < -0.3 is 14.4 Å². The number of hydrogen-bond donors (Lipinski definition) is 1. The molecule has 1 aliphatic rings. The van der Waals surface area contributed by atoms with Crippen molar-refractivity contribution >= 4 is 0 Å². The highest BCUT2D eigenvalue weighted by Gasteiger charge is 2.20. The predicted octanol–water partition coefficient (Wildman–Crippen LogP) is 2.81. The number of aliphatic hydroxyl groups is 1. The molecule has 1 aromatic heterocycles. The smallest absolute Gasteiger partial charge is 0.126 e. The van der Waals surface area contributed by atoms with E-state index >= 15 is 0 Å². The average molecular weight is 272 g/mol. The van der Waals surface area contributed by atoms with Gasteiger partial charge in [0.15, 0.2) is 0 Å². The molecule has 20 heavy (non-hydrogen) atoms. The highest BCUT2D eigenvalue weighted by Crippen LogP contribution is 2.33. The van der Waals surface area contributed by atoms with Gasteiger partial charge in [0.05, 0.1) is 30.9 Å². The lowest BCUT2D eigenvalue weighted by Crippen LogP contribution is -2.10. The van der Waals surface area contributed by atoms with E-state index in [1.165, 1.54) is 24.2 Å². The molecule has 1 heterocycles. The Morgan fingerprint density at radius 3 is 2.85 bits per heavy atom. The summed E-state index contributed by atoms with van der Waals surface area (Å²) in [5, 5.41) is 10.1. The molecule has 0 saturated carbocycles. The Bertz CT molecular complexity index is 617. The monoisotopic (exact) mass is 272 g/mol. The van der Waals surface area contributed by atoms with Gasteiger partial charge in [-0.3, -0.25) is 0 Å². The van der Waals surface area contributed by atoms with E-state index in [0.29, 0.717) is 0 Å². The van der Waals surface area contributed by atoms with Gasteiger partial charge in [-0.1, -0.05) is 6.07 Å². The van der Waals surface area contributed by atoms with Crippen LogP contribution in [0.1, 0.15) is 42.8 Å². The van der Waals surface area contributed by atoms with E-state index in [4.69, 9.17) is 4.74 Å². The molecule has 1 unspecified atom stereocenters. The van der Waals surface area contributed by atoms with Crippen LogP contribution < -0.4 is 4.74 Å². The number of imidazole rings is 1. The van der Waals surface area contributed by atoms with Crippen LogP contribution in [-0.4, -0.2) is 21.8 Å². The first kappa shape index (κ1) is 13.2. The maximum atomic E-state index is 10.1. The molecular formula is C16H20N2O2. The van der Waals surface area contributed by atoms with Gasteiger partial charge in [-0.05, 0) is 44.7 Å². The Balaban J connectivity index is 2.17. The number of aryl methyl sites for hydroxylation is 1. The van der Waals surface area contributed by atoms with Crippen molar-refractivity contribution in [2.24, 2.45) is 0 Å². The second-order valence-corrected chi connectivity index (χ2v) is 5.28. The topological polar surface area (TPSA) is 47.3 Å². The molecule has 4 nitrogen and oxygen atoms in total. The summed E-state index contributed by atoms with van der Waals surface area (Å²) < 4.78 is 7.51. The molecule has 0 fully saturated rings. The second kappa shape index (κ2) is 5.29. The van der Waals surface area contributed by atoms with Crippen LogP contribution in [0.5, 0.6) is 5.75 Å². The summed E-state index contributed by atoms with van der Waals surface area (Å²) in [6.45, 7) is 1.77. The van der Waals surface area contributed by atoms with E-state index in [2.05, 4.69) is 9.55 Å². The molecule has 0 spiro atoms. The van der Waals surface area contributed by atoms with Gasteiger partial charge >= 0.3 is 0 Å². The van der Waals surface area contributed by atoms with Crippen molar-refractivity contribution in [2.75, 3.05) is 7.11 Å². The highest BCUT2D eigenvalue weighted by molar-refractivity contribution is 5.52. The van der Waals surface area contributed by atoms with Crippen molar-refractivity contribution in [2.45, 2.75) is 38.7 Å². The van der Waals surface area contributed by atoms with Crippen molar-refractivity contribution < 1.29 is 9.84 Å². The van der Waals surface area contributed by atoms with Crippen LogP contribution in [0.2, 0.25) is 0 Å². The normalized spacial score (nSPS) is 15.8. The number of ether oxygens (including phenoxy) is 1. The molecule has 0 saturated heterocycles. The molecule has 4 heteroatoms. The van der Waals surface area contributed by atoms with Gasteiger partial charge in [0.1, 0.15) is 5.75 Å². The first-order valence-electron chi connectivity index (χ1n) is 7.12. The van der Waals surface area contributed by atoms with Crippen LogP contribution >= 0.6 is 0 Å². The minimum Gasteiger partial charge on any atom is -0.496 e. The van der Waals surface area contributed by atoms with Gasteiger partial charge in [-0.15, -0.1) is 0 Å². The lowest BCUT2D eigenvalue weighted by Gasteiger charge is -2.19. The van der Waals surface area contributed by atoms with E-state index in [-0.39, 0.29) is 0 Å². The molecule has 1 aliphatic carbocycles. The SMILES string of the molecule is COc1cccc(-n2cnc3c2CCCC3)c1C(C)O. The molecule has 106 valence electrons. The predicted molar refractivity (Wildman–Crippen MR) is 77.4 cm³/mol. The minimum absolute atomic E-state index is 0.581. The maximum Gasteiger partial charge on any atom is 0.126 e. The number of rotatable bonds is 3. The van der Waals surface area contributed by atoms with Gasteiger partial charge in [-0.2, -0.15) is 0 Å². The molecule has 0 amide bonds. The van der Waals surface area contributed by atoms with Gasteiger partial charge in [0.25, 0.3) is 0 Å². The lowest BCUT2D eigenvalue weighted by atomic mass is 10.00. The van der Waals surface area contributed by atoms with Crippen LogP contribution in [0.25, 0.3) is 5.69 Å². The molecule has 1 N–H and O–H groups in total. The quantitative estimate of drug-likeness (QED) is 0.934. The zero-order valence-electron chi connectivity index (χ0n) is 12.0. The van der Waals surface area contributed by atoms with Gasteiger partial charge in [0, 0.05) is 11.3 Å². The number of fused-ring (bicyclic) bond motifs is 1. The molecule has 1 atom stereocenters. The molecular weight excluding hydrogens is 252 g/mol. The van der Waals surface area contributed by atoms with E-state index in [1.807, 2.05) is 24.5 Å². The molecule has 1 aromatic carbocycles. The summed E-state index contributed by atoms with van der Waals surface area (Å²) >= 11 is 0. The second-order valence-electron chi connectivity index (χ2n) is 5.28. The van der Waals surface area contributed by atoms with E-state index in [1.54, 1.807) is 14.0 Å². The number of hydrogen-bond acceptors (Lipinski definition) is 3. The van der Waals surface area contributed by atoms with E-state index in [0.717, 1.165) is 29.8 Å². The van der Waals surface area contributed by atoms with Crippen LogP contribution in [-0.2, 0) is 12.8 Å². The summed E-state index contributed by atoms with van der Waals surface area (Å²) in [5.74, 6) is 0.718. The van der Waals surface area contributed by atoms with Crippen molar-refractivity contribution in [1.82, 2.24) is 9.55 Å². The Labute approximate surface area is 119 Å². The van der Waals surface area contributed by atoms with E-state index < -0.39 is 6.10 Å². The Hall–Kier alpha value is -1.81. The van der Waals surface area contributed by atoms with Crippen LogP contribution in [0.4, 0.5) is 0 Å². The summed E-state index contributed by atoms with van der Waals surface area (Å²) in [6.07, 6.45) is 5.80. The average Bonchev–Trinajstić information content (AvgIpc) is 2.90. The third kappa shape index (κ3) is 2.10. The molecule has 0 radical (unpaired) electrons. The molecule has 0 bridgehead atoms. The van der Waals surface area contributed by atoms with Crippen molar-refractivity contribution in [3.8, 4) is 11.4 Å². The fraction of sp³-hybridized carbons (Fsp3) is 0.438. The number of nitrogens with zero attached hydrogens (tertiary/aromatic N) is 2. The van der Waals surface area contributed by atoms with Crippen LogP contribution in [0.3, 0.4) is 0 Å². The summed E-state index contributed by atoms with van der Waals surface area (Å²) in [7, 11) is 1.63. The molecule has 3 rings (SSSR count). The fourth-order valence-electron chi connectivity index (χ4n) is 3.02. The van der Waals surface area contributed by atoms with Crippen LogP contribution in [0.15, 0.2) is 24.5 Å². The third-order valence-electron chi connectivity index (χ3n) is 3.97. The van der Waals surface area contributed by atoms with Crippen molar-refractivity contribution in [3.63, 3.8) is 0 Å². The van der Waals surface area contributed by atoms with Crippen molar-refractivity contribution in [3.05, 3.63) is 41.5 Å². The standard InChI is InChI=1S/C16H20N2O2/c1-11(19)16-14(8-5-9-15(16)20-2)18-10-17-12-6-3-4-7-13(12)18/h5,8-11,19H,3-4,6-7H2,1-2H3. The summed E-state index contributed by atoms with van der Waals surface area (Å²) in [6, 6.07) is 5.85. The van der Waals surface area contributed by atoms with Gasteiger partial charge in [-0.25, -0.2) is 4.98 Å². The Morgan fingerprint density at radius 1 is 1.30 bits per heavy atom. The zero-order chi connectivity index (χ0) is 14.1. The first-order chi connectivity index (χ1) is 9.72. The van der Waals surface area contributed by atoms with E-state index in [9.17, 15) is 5.11 Å². The number of methoxy groups -OCH3 is 1. The third-order valence-corrected chi connectivity index (χ3v) is 3.97. The Kier molecular flexibility index (Phi) is 3.49. The number of aliphatic hydroxyl groups excluding tert-OH is 1. The van der Waals surface area contributed by atoms with Crippen LogP contribution in [0, 0.1) is 0 Å². The maximum absolute atomic E-state index is 10.1. The Morgan fingerprint density at radius 2 is 2.10 bits per heavy atom. The zero-order valence-corrected chi connectivity index (χ0v) is 12.0. The summed E-state index contributed by atoms with van der Waals surface area (Å²) in [4.78, 5) is 4.53. The fourth-order valence-corrected chi connectivity index (χ4v) is 3.02. The van der Waals surface area contributed by atoms with Gasteiger partial charge in [0.2, 0.25) is 0 Å². The minimum atomic E-state index is -0.581. The first-order valence-corrected chi connectivity index (χ1v) is 7.12. The number of aromatic nitrogens is 2. The number of benzene rings is 1.